The van der Waals surface area contributed by atoms with Crippen LogP contribution < -0.4 is 21.3 Å². The minimum atomic E-state index is -1.66. The van der Waals surface area contributed by atoms with Crippen molar-refractivity contribution in [1.82, 2.24) is 40.3 Å². The summed E-state index contributed by atoms with van der Waals surface area (Å²) >= 11 is 0. The number of hydrogen-bond donors (Lipinski definition) is 4. The van der Waals surface area contributed by atoms with E-state index >= 15 is 0 Å². The molecule has 5 amide bonds. The lowest BCUT2D eigenvalue weighted by atomic mass is 9.99. The molecule has 4 aromatic rings. The number of benzene rings is 2. The fourth-order valence-electron chi connectivity index (χ4n) is 7.48. The molecule has 1 aliphatic heterocycles. The van der Waals surface area contributed by atoms with Crippen LogP contribution in [0.15, 0.2) is 73.3 Å². The standard InChI is InChI=1S/C47H62N8O10/c1-45(2,3)64-43(61)51-34(25-31-27-53(9)28-48-31)40(58)54-22-16-21-37(54)39(57)52-47(7,8)42(60)50-33(38(56)49-35(41(59)63-10)23-29-17-12-11-13-18-29)24-30-26-55(44(62)65-46(4,5)6)36-20-15-14-19-32(30)36/h11-15,17-20,26-28,33-35,37H,16,21-25H2,1-10H3,(H,49,56)(H,50,60)(H,51,61)(H,52,57)/t33-,34+,35-,37-/m1/s1. The first-order valence-electron chi connectivity index (χ1n) is 21.6. The first kappa shape index (κ1) is 49.3. The van der Waals surface area contributed by atoms with Crippen LogP contribution in [0.1, 0.15) is 85.1 Å². The van der Waals surface area contributed by atoms with Gasteiger partial charge in [-0.2, -0.15) is 0 Å². The van der Waals surface area contributed by atoms with Gasteiger partial charge in [-0.05, 0) is 85.4 Å². The molecule has 0 radical (unpaired) electrons. The van der Waals surface area contributed by atoms with Crippen molar-refractivity contribution in [3.8, 4) is 0 Å². The molecule has 2 aromatic carbocycles. The van der Waals surface area contributed by atoms with E-state index in [1.165, 1.54) is 30.4 Å². The third-order valence-corrected chi connectivity index (χ3v) is 10.5. The maximum atomic E-state index is 14.4. The monoisotopic (exact) mass is 898 g/mol. The lowest BCUT2D eigenvalue weighted by molar-refractivity contribution is -0.145. The topological polar surface area (TPSA) is 221 Å². The second-order valence-electron chi connectivity index (χ2n) is 18.8. The molecule has 4 atom stereocenters. The van der Waals surface area contributed by atoms with Crippen LogP contribution in [0, 0.1) is 0 Å². The van der Waals surface area contributed by atoms with E-state index in [-0.39, 0.29) is 32.2 Å². The average molecular weight is 899 g/mol. The molecule has 18 nitrogen and oxygen atoms in total. The molecule has 0 unspecified atom stereocenters. The third kappa shape index (κ3) is 13.4. The zero-order valence-corrected chi connectivity index (χ0v) is 38.9. The van der Waals surface area contributed by atoms with E-state index in [2.05, 4.69) is 26.3 Å². The fourth-order valence-corrected chi connectivity index (χ4v) is 7.48. The molecular weight excluding hydrogens is 837 g/mol. The molecule has 65 heavy (non-hydrogen) atoms. The second kappa shape index (κ2) is 20.4. The summed E-state index contributed by atoms with van der Waals surface area (Å²) in [7, 11) is 2.98. The van der Waals surface area contributed by atoms with Gasteiger partial charge in [-0.1, -0.05) is 48.5 Å². The van der Waals surface area contributed by atoms with E-state index in [4.69, 9.17) is 14.2 Å². The number of methoxy groups -OCH3 is 1. The summed E-state index contributed by atoms with van der Waals surface area (Å²) in [4.78, 5) is 102. The van der Waals surface area contributed by atoms with Crippen molar-refractivity contribution in [2.45, 2.75) is 128 Å². The molecule has 1 aliphatic rings. The van der Waals surface area contributed by atoms with Gasteiger partial charge in [0.1, 0.15) is 40.9 Å². The number of esters is 1. The second-order valence-corrected chi connectivity index (χ2v) is 18.8. The normalized spacial score (nSPS) is 15.6. The van der Waals surface area contributed by atoms with Crippen molar-refractivity contribution in [2.75, 3.05) is 13.7 Å². The first-order valence-corrected chi connectivity index (χ1v) is 21.6. The number of aromatic nitrogens is 3. The van der Waals surface area contributed by atoms with Gasteiger partial charge in [0.25, 0.3) is 0 Å². The number of nitrogens with zero attached hydrogens (tertiary/aromatic N) is 4. The van der Waals surface area contributed by atoms with Crippen LogP contribution in [0.4, 0.5) is 9.59 Å². The highest BCUT2D eigenvalue weighted by Gasteiger charge is 2.42. The fraction of sp³-hybridized carbons (Fsp3) is 0.489. The summed E-state index contributed by atoms with van der Waals surface area (Å²) in [5.74, 6) is -3.35. The van der Waals surface area contributed by atoms with Crippen molar-refractivity contribution in [3.63, 3.8) is 0 Å². The number of aryl methyl sites for hydroxylation is 1. The molecule has 2 aromatic heterocycles. The Morgan fingerprint density at radius 3 is 2.06 bits per heavy atom. The van der Waals surface area contributed by atoms with Crippen LogP contribution in [0.3, 0.4) is 0 Å². The van der Waals surface area contributed by atoms with E-state index in [9.17, 15) is 33.6 Å². The van der Waals surface area contributed by atoms with Crippen molar-refractivity contribution in [2.24, 2.45) is 7.05 Å². The highest BCUT2D eigenvalue weighted by molar-refractivity contribution is 5.98. The Hall–Kier alpha value is -6.72. The summed E-state index contributed by atoms with van der Waals surface area (Å²) < 4.78 is 19.2. The van der Waals surface area contributed by atoms with E-state index in [0.717, 1.165) is 5.56 Å². The number of carbonyl (C=O) groups excluding carboxylic acids is 7. The number of rotatable bonds is 15. The van der Waals surface area contributed by atoms with Crippen LogP contribution in [-0.4, -0.2) is 115 Å². The van der Waals surface area contributed by atoms with Gasteiger partial charge in [0, 0.05) is 50.6 Å². The number of hydrogen-bond acceptors (Lipinski definition) is 11. The molecule has 0 saturated carbocycles. The SMILES string of the molecule is COC(=O)[C@@H](Cc1ccccc1)NC(=O)[C@@H](Cc1cn(C(=O)OC(C)(C)C)c2ccccc12)NC(=O)C(C)(C)NC(=O)[C@H]1CCCN1C(=O)[C@H](Cc1cn(C)cn1)NC(=O)OC(C)(C)C. The number of alkyl carbamates (subject to hydrolysis) is 1. The molecule has 3 heterocycles. The van der Waals surface area contributed by atoms with Gasteiger partial charge in [-0.15, -0.1) is 0 Å². The van der Waals surface area contributed by atoms with E-state index < -0.39 is 82.7 Å². The number of nitrogens with one attached hydrogen (secondary N) is 4. The van der Waals surface area contributed by atoms with Crippen molar-refractivity contribution in [3.05, 3.63) is 90.1 Å². The Morgan fingerprint density at radius 2 is 1.43 bits per heavy atom. The van der Waals surface area contributed by atoms with Gasteiger partial charge in [-0.25, -0.2) is 19.4 Å². The lowest BCUT2D eigenvalue weighted by Gasteiger charge is -2.33. The number of fused-ring (bicyclic) bond motifs is 1. The van der Waals surface area contributed by atoms with E-state index in [0.29, 0.717) is 28.6 Å². The largest absolute Gasteiger partial charge is 0.467 e. The number of para-hydroxylation sites is 1. The predicted molar refractivity (Wildman–Crippen MR) is 240 cm³/mol. The van der Waals surface area contributed by atoms with Crippen LogP contribution in [-0.2, 0) is 64.5 Å². The number of imidazole rings is 1. The molecule has 0 spiro atoms. The van der Waals surface area contributed by atoms with E-state index in [1.807, 2.05) is 6.07 Å². The van der Waals surface area contributed by atoms with Gasteiger partial charge in [0.2, 0.25) is 23.6 Å². The van der Waals surface area contributed by atoms with Crippen LogP contribution in [0.25, 0.3) is 10.9 Å². The maximum absolute atomic E-state index is 14.4. The van der Waals surface area contributed by atoms with Crippen LogP contribution >= 0.6 is 0 Å². The maximum Gasteiger partial charge on any atom is 0.419 e. The number of ether oxygens (including phenoxy) is 3. The Kier molecular flexibility index (Phi) is 15.5. The minimum Gasteiger partial charge on any atom is -0.467 e. The first-order chi connectivity index (χ1) is 30.4. The molecule has 18 heteroatoms. The molecule has 1 fully saturated rings. The van der Waals surface area contributed by atoms with Crippen molar-refractivity contribution < 1.29 is 47.8 Å². The summed E-state index contributed by atoms with van der Waals surface area (Å²) in [5, 5.41) is 11.6. The highest BCUT2D eigenvalue weighted by atomic mass is 16.6. The van der Waals surface area contributed by atoms with Crippen LogP contribution in [0.2, 0.25) is 0 Å². The van der Waals surface area contributed by atoms with Crippen LogP contribution in [0.5, 0.6) is 0 Å². The predicted octanol–water partition coefficient (Wildman–Crippen LogP) is 4.11. The molecule has 0 aliphatic carbocycles. The number of likely N-dealkylation sites (tertiary alicyclic amines) is 1. The number of carbonyl (C=O) groups is 7. The molecule has 0 bridgehead atoms. The minimum absolute atomic E-state index is 0.0275. The van der Waals surface area contributed by atoms with Gasteiger partial charge in [-0.3, -0.25) is 23.7 Å². The Bertz CT molecular complexity index is 2380. The Morgan fingerprint density at radius 1 is 0.769 bits per heavy atom. The average Bonchev–Trinajstić information content (AvgIpc) is 3.97. The van der Waals surface area contributed by atoms with Gasteiger partial charge in [0.15, 0.2) is 0 Å². The summed E-state index contributed by atoms with van der Waals surface area (Å²) in [5.41, 5.74) is -1.02. The lowest BCUT2D eigenvalue weighted by Crippen LogP contribution is -2.63. The molecule has 1 saturated heterocycles. The zero-order valence-electron chi connectivity index (χ0n) is 38.9. The molecule has 350 valence electrons. The zero-order chi connectivity index (χ0) is 47.9. The summed E-state index contributed by atoms with van der Waals surface area (Å²) in [6.45, 7) is 13.5. The Balaban J connectivity index is 1.40. The highest BCUT2D eigenvalue weighted by Crippen LogP contribution is 2.25. The van der Waals surface area contributed by atoms with Gasteiger partial charge >= 0.3 is 18.2 Å². The van der Waals surface area contributed by atoms with Crippen molar-refractivity contribution >= 4 is 52.7 Å². The van der Waals surface area contributed by atoms with Gasteiger partial charge < -0.3 is 44.9 Å². The number of amides is 5. The molecule has 5 rings (SSSR count). The van der Waals surface area contributed by atoms with Gasteiger partial charge in [0.05, 0.1) is 24.6 Å². The summed E-state index contributed by atoms with van der Waals surface area (Å²) in [6.07, 6.45) is 4.10. The quantitative estimate of drug-likeness (QED) is 0.0983. The van der Waals surface area contributed by atoms with Crippen molar-refractivity contribution in [1.29, 1.82) is 0 Å². The Labute approximate surface area is 379 Å². The third-order valence-electron chi connectivity index (χ3n) is 10.5. The smallest absolute Gasteiger partial charge is 0.419 e. The summed E-state index contributed by atoms with van der Waals surface area (Å²) in [6, 6.07) is 11.4. The molecule has 4 N–H and O–H groups in total. The molecular formula is C47H62N8O10. The van der Waals surface area contributed by atoms with E-state index in [1.54, 1.807) is 120 Å².